The van der Waals surface area contributed by atoms with Gasteiger partial charge in [0.15, 0.2) is 0 Å². The molecule has 1 fully saturated rings. The molecule has 0 bridgehead atoms. The number of fused-ring (bicyclic) bond motifs is 1. The maximum atomic E-state index is 13.3. The first-order valence-corrected chi connectivity index (χ1v) is 10.1. The lowest BCUT2D eigenvalue weighted by molar-refractivity contribution is -0.137. The van der Waals surface area contributed by atoms with Gasteiger partial charge in [-0.1, -0.05) is 44.2 Å². The molecule has 4 rings (SSSR count). The molecule has 0 atom stereocenters. The average molecular weight is 398 g/mol. The number of aromatic nitrogens is 2. The van der Waals surface area contributed by atoms with Gasteiger partial charge in [-0.2, -0.15) is 13.2 Å². The second-order valence-corrected chi connectivity index (χ2v) is 8.76. The maximum Gasteiger partial charge on any atom is 0.417 e. The maximum absolute atomic E-state index is 13.3. The van der Waals surface area contributed by atoms with Gasteiger partial charge in [-0.3, -0.25) is 0 Å². The minimum absolute atomic E-state index is 0.173. The van der Waals surface area contributed by atoms with Crippen LogP contribution in [0, 0.1) is 11.3 Å². The molecule has 2 nitrogen and oxygen atoms in total. The number of halogens is 3. The summed E-state index contributed by atoms with van der Waals surface area (Å²) in [6.45, 7) is 4.64. The van der Waals surface area contributed by atoms with Crippen molar-refractivity contribution in [3.05, 3.63) is 59.9 Å². The summed E-state index contributed by atoms with van der Waals surface area (Å²) in [5.74, 6) is 1.30. The van der Waals surface area contributed by atoms with Crippen LogP contribution in [0.25, 0.3) is 28.2 Å². The van der Waals surface area contributed by atoms with E-state index in [0.717, 1.165) is 17.4 Å². The number of benzene rings is 2. The fourth-order valence-corrected chi connectivity index (χ4v) is 4.10. The minimum Gasteiger partial charge on any atom is -0.338 e. The summed E-state index contributed by atoms with van der Waals surface area (Å²) in [6, 6.07) is 10.9. The van der Waals surface area contributed by atoms with Crippen molar-refractivity contribution < 1.29 is 13.2 Å². The van der Waals surface area contributed by atoms with Crippen molar-refractivity contribution >= 4 is 17.1 Å². The summed E-state index contributed by atoms with van der Waals surface area (Å²) in [6.07, 6.45) is 4.65. The Labute approximate surface area is 168 Å². The van der Waals surface area contributed by atoms with E-state index in [1.54, 1.807) is 24.3 Å². The van der Waals surface area contributed by atoms with Gasteiger partial charge >= 0.3 is 6.18 Å². The summed E-state index contributed by atoms with van der Waals surface area (Å²) >= 11 is 0. The van der Waals surface area contributed by atoms with Crippen molar-refractivity contribution in [3.63, 3.8) is 0 Å². The van der Waals surface area contributed by atoms with Crippen molar-refractivity contribution in [1.82, 2.24) is 9.97 Å². The van der Waals surface area contributed by atoms with Crippen LogP contribution in [-0.4, -0.2) is 9.97 Å². The molecule has 152 valence electrons. The third-order valence-corrected chi connectivity index (χ3v) is 5.95. The van der Waals surface area contributed by atoms with Gasteiger partial charge in [-0.15, -0.1) is 0 Å². The number of allylic oxidation sites excluding steroid dienone is 1. The highest BCUT2D eigenvalue weighted by Crippen LogP contribution is 2.39. The first-order chi connectivity index (χ1) is 13.7. The fraction of sp³-hybridized carbons (Fsp3) is 0.375. The monoisotopic (exact) mass is 398 g/mol. The molecule has 1 N–H and O–H groups in total. The van der Waals surface area contributed by atoms with Gasteiger partial charge in [0.05, 0.1) is 16.6 Å². The van der Waals surface area contributed by atoms with Crippen molar-refractivity contribution in [2.45, 2.75) is 45.7 Å². The third kappa shape index (κ3) is 4.39. The van der Waals surface area contributed by atoms with Gasteiger partial charge in [0.25, 0.3) is 0 Å². The molecule has 0 unspecified atom stereocenters. The molecule has 29 heavy (non-hydrogen) atoms. The van der Waals surface area contributed by atoms with Gasteiger partial charge in [-0.05, 0) is 72.4 Å². The van der Waals surface area contributed by atoms with Crippen LogP contribution in [0.5, 0.6) is 0 Å². The highest BCUT2D eigenvalue weighted by atomic mass is 19.4. The molecule has 1 aliphatic rings. The second-order valence-electron chi connectivity index (χ2n) is 8.76. The van der Waals surface area contributed by atoms with E-state index < -0.39 is 11.7 Å². The topological polar surface area (TPSA) is 28.7 Å². The lowest BCUT2D eigenvalue weighted by Crippen LogP contribution is -2.20. The molecule has 0 amide bonds. The zero-order valence-electron chi connectivity index (χ0n) is 16.7. The molecule has 1 saturated carbocycles. The smallest absolute Gasteiger partial charge is 0.338 e. The summed E-state index contributed by atoms with van der Waals surface area (Å²) in [7, 11) is 0. The lowest BCUT2D eigenvalue weighted by atomic mass is 9.73. The van der Waals surface area contributed by atoms with Crippen LogP contribution in [-0.2, 0) is 6.18 Å². The Morgan fingerprint density at radius 3 is 2.52 bits per heavy atom. The average Bonchev–Trinajstić information content (AvgIpc) is 3.08. The van der Waals surface area contributed by atoms with Gasteiger partial charge in [0.1, 0.15) is 5.82 Å². The zero-order chi connectivity index (χ0) is 20.6. The van der Waals surface area contributed by atoms with Crippen LogP contribution in [0.15, 0.2) is 48.5 Å². The number of nitrogens with zero attached hydrogens (tertiary/aromatic N) is 1. The lowest BCUT2D eigenvalue weighted by Gasteiger charge is -2.32. The Morgan fingerprint density at radius 1 is 1.07 bits per heavy atom. The van der Waals surface area contributed by atoms with Gasteiger partial charge in [-0.25, -0.2) is 4.98 Å². The molecule has 1 aliphatic carbocycles. The van der Waals surface area contributed by atoms with Crippen LogP contribution in [0.1, 0.15) is 50.9 Å². The van der Waals surface area contributed by atoms with Gasteiger partial charge in [0, 0.05) is 0 Å². The molecule has 0 aliphatic heterocycles. The van der Waals surface area contributed by atoms with E-state index in [4.69, 9.17) is 0 Å². The third-order valence-electron chi connectivity index (χ3n) is 5.95. The molecular formula is C24H25F3N2. The molecule has 1 heterocycles. The van der Waals surface area contributed by atoms with E-state index in [1.165, 1.54) is 37.8 Å². The quantitative estimate of drug-likeness (QED) is 0.487. The number of hydrogen-bond acceptors (Lipinski definition) is 1. The summed E-state index contributed by atoms with van der Waals surface area (Å²) in [5, 5.41) is 0. The normalized spacial score (nSPS) is 18.0. The first kappa shape index (κ1) is 19.7. The highest BCUT2D eigenvalue weighted by molar-refractivity contribution is 5.83. The van der Waals surface area contributed by atoms with E-state index in [0.29, 0.717) is 22.4 Å². The van der Waals surface area contributed by atoms with Crippen molar-refractivity contribution in [2.75, 3.05) is 0 Å². The van der Waals surface area contributed by atoms with Crippen LogP contribution in [0.3, 0.4) is 0 Å². The Morgan fingerprint density at radius 2 is 1.79 bits per heavy atom. The number of alkyl halides is 3. The van der Waals surface area contributed by atoms with E-state index in [9.17, 15) is 13.2 Å². The molecule has 5 heteroatoms. The van der Waals surface area contributed by atoms with Crippen molar-refractivity contribution in [2.24, 2.45) is 11.3 Å². The second kappa shape index (κ2) is 7.36. The van der Waals surface area contributed by atoms with Crippen LogP contribution in [0.2, 0.25) is 0 Å². The highest BCUT2D eigenvalue weighted by Gasteiger charge is 2.33. The minimum atomic E-state index is -4.39. The van der Waals surface area contributed by atoms with E-state index in [2.05, 4.69) is 29.9 Å². The number of aromatic amines is 1. The Hall–Kier alpha value is -2.56. The molecule has 1 aromatic heterocycles. The SMILES string of the molecule is CC1(C)CCC(C=Cc2nc3cc(-c4ccccc4C(F)(F)F)ccc3[nH]2)CC1. The predicted octanol–water partition coefficient (Wildman–Crippen LogP) is 7.48. The van der Waals surface area contributed by atoms with E-state index in [-0.39, 0.29) is 5.56 Å². The largest absolute Gasteiger partial charge is 0.417 e. The molecule has 3 aromatic rings. The Bertz CT molecular complexity index is 1030. The predicted molar refractivity (Wildman–Crippen MR) is 111 cm³/mol. The summed E-state index contributed by atoms with van der Waals surface area (Å²) in [4.78, 5) is 7.83. The standard InChI is InChI=1S/C24H25F3N2/c1-23(2)13-11-16(12-14-23)7-10-22-28-20-9-8-17(15-21(20)29-22)18-5-3-4-6-19(18)24(25,26)27/h3-10,15-16H,11-14H2,1-2H3,(H,28,29). The summed E-state index contributed by atoms with van der Waals surface area (Å²) in [5.41, 5.74) is 1.99. The van der Waals surface area contributed by atoms with Gasteiger partial charge < -0.3 is 4.98 Å². The number of H-pyrrole nitrogens is 1. The van der Waals surface area contributed by atoms with E-state index >= 15 is 0 Å². The number of nitrogens with one attached hydrogen (secondary N) is 1. The van der Waals surface area contributed by atoms with Crippen LogP contribution in [0.4, 0.5) is 13.2 Å². The van der Waals surface area contributed by atoms with Crippen LogP contribution < -0.4 is 0 Å². The van der Waals surface area contributed by atoms with Crippen LogP contribution >= 0.6 is 0 Å². The van der Waals surface area contributed by atoms with E-state index in [1.807, 2.05) is 6.08 Å². The molecule has 0 spiro atoms. The molecule has 2 aromatic carbocycles. The zero-order valence-corrected chi connectivity index (χ0v) is 16.7. The van der Waals surface area contributed by atoms with Crippen molar-refractivity contribution in [1.29, 1.82) is 0 Å². The Balaban J connectivity index is 1.59. The molecular weight excluding hydrogens is 373 g/mol. The number of rotatable bonds is 3. The summed E-state index contributed by atoms with van der Waals surface area (Å²) < 4.78 is 40.0. The number of imidazole rings is 1. The Kier molecular flexibility index (Phi) is 5.01. The number of hydrogen-bond donors (Lipinski definition) is 1. The fourth-order valence-electron chi connectivity index (χ4n) is 4.10. The van der Waals surface area contributed by atoms with Gasteiger partial charge in [0.2, 0.25) is 0 Å². The molecule has 0 radical (unpaired) electrons. The first-order valence-electron chi connectivity index (χ1n) is 10.1. The van der Waals surface area contributed by atoms with Crippen molar-refractivity contribution in [3.8, 4) is 11.1 Å². The molecule has 0 saturated heterocycles.